The van der Waals surface area contributed by atoms with Crippen molar-refractivity contribution in [3.05, 3.63) is 29.8 Å². The van der Waals surface area contributed by atoms with Gasteiger partial charge in [-0.25, -0.2) is 0 Å². The fourth-order valence-electron chi connectivity index (χ4n) is 2.13. The number of carbonyl (C=O) groups is 1. The Hall–Kier alpha value is -1.35. The fraction of sp³-hybridized carbons (Fsp3) is 0.533. The molecule has 0 N–H and O–H groups in total. The monoisotopic (exact) mass is 248 g/mol. The molecule has 2 atom stereocenters. The summed E-state index contributed by atoms with van der Waals surface area (Å²) >= 11 is 0. The normalized spacial score (nSPS) is 23.0. The third-order valence-corrected chi connectivity index (χ3v) is 3.26. The Kier molecular flexibility index (Phi) is 4.37. The van der Waals surface area contributed by atoms with E-state index in [1.165, 1.54) is 0 Å². The molecule has 0 aromatic heterocycles. The maximum Gasteiger partial charge on any atom is 0.191 e. The van der Waals surface area contributed by atoms with Crippen molar-refractivity contribution in [3.8, 4) is 5.75 Å². The molecular weight excluding hydrogens is 228 g/mol. The van der Waals surface area contributed by atoms with Gasteiger partial charge in [0.2, 0.25) is 0 Å². The Morgan fingerprint density at radius 2 is 2.11 bits per heavy atom. The quantitative estimate of drug-likeness (QED) is 0.751. The minimum atomic E-state index is -0.271. The Balaban J connectivity index is 2.02. The van der Waals surface area contributed by atoms with Gasteiger partial charge in [0.25, 0.3) is 0 Å². The topological polar surface area (TPSA) is 35.5 Å². The molecule has 0 amide bonds. The summed E-state index contributed by atoms with van der Waals surface area (Å²) in [5.41, 5.74) is 0.706. The fourth-order valence-corrected chi connectivity index (χ4v) is 2.13. The molecule has 2 rings (SSSR count). The van der Waals surface area contributed by atoms with E-state index in [2.05, 4.69) is 13.8 Å². The first-order valence-electron chi connectivity index (χ1n) is 6.61. The molecule has 3 nitrogen and oxygen atoms in total. The van der Waals surface area contributed by atoms with Gasteiger partial charge in [0.05, 0.1) is 6.61 Å². The summed E-state index contributed by atoms with van der Waals surface area (Å²) in [6.07, 6.45) is 1.68. The maximum atomic E-state index is 12.2. The number of hydrogen-bond donors (Lipinski definition) is 0. The van der Waals surface area contributed by atoms with Crippen LogP contribution in [-0.4, -0.2) is 25.1 Å². The van der Waals surface area contributed by atoms with Crippen molar-refractivity contribution >= 4 is 5.78 Å². The molecule has 1 aromatic carbocycles. The zero-order valence-corrected chi connectivity index (χ0v) is 11.0. The lowest BCUT2D eigenvalue weighted by molar-refractivity contribution is 0.0579. The van der Waals surface area contributed by atoms with Crippen molar-refractivity contribution in [1.82, 2.24) is 0 Å². The third kappa shape index (κ3) is 2.91. The molecule has 0 aliphatic carbocycles. The largest absolute Gasteiger partial charge is 0.494 e. The maximum absolute atomic E-state index is 12.2. The first-order chi connectivity index (χ1) is 8.72. The standard InChI is InChI=1S/C15H20O3/c1-3-9-17-13-6-4-12(5-7-13)14(16)15-11(2)8-10-18-15/h4-7,11,15H,3,8-10H2,1-2H3. The van der Waals surface area contributed by atoms with Crippen molar-refractivity contribution in [2.24, 2.45) is 5.92 Å². The first kappa shape index (κ1) is 13.1. The lowest BCUT2D eigenvalue weighted by Gasteiger charge is -2.13. The SMILES string of the molecule is CCCOc1ccc(C(=O)C2OCCC2C)cc1. The first-order valence-corrected chi connectivity index (χ1v) is 6.61. The molecule has 1 heterocycles. The Bertz CT molecular complexity index is 397. The van der Waals surface area contributed by atoms with Crippen LogP contribution in [0.2, 0.25) is 0 Å². The summed E-state index contributed by atoms with van der Waals surface area (Å²) in [4.78, 5) is 12.2. The molecule has 1 saturated heterocycles. The number of Topliss-reactive ketones (excluding diaryl/α,β-unsaturated/α-hetero) is 1. The highest BCUT2D eigenvalue weighted by atomic mass is 16.5. The van der Waals surface area contributed by atoms with Crippen molar-refractivity contribution < 1.29 is 14.3 Å². The van der Waals surface area contributed by atoms with Crippen LogP contribution in [0.1, 0.15) is 37.0 Å². The Morgan fingerprint density at radius 3 is 2.67 bits per heavy atom. The summed E-state index contributed by atoms with van der Waals surface area (Å²) in [5.74, 6) is 1.21. The van der Waals surface area contributed by atoms with Crippen LogP contribution in [-0.2, 0) is 4.74 Å². The Morgan fingerprint density at radius 1 is 1.39 bits per heavy atom. The molecule has 1 aliphatic rings. The van der Waals surface area contributed by atoms with Gasteiger partial charge in [0.15, 0.2) is 5.78 Å². The van der Waals surface area contributed by atoms with Crippen LogP contribution in [0.15, 0.2) is 24.3 Å². The van der Waals surface area contributed by atoms with E-state index in [9.17, 15) is 4.79 Å². The van der Waals surface area contributed by atoms with Crippen LogP contribution in [0, 0.1) is 5.92 Å². The van der Waals surface area contributed by atoms with Crippen molar-refractivity contribution in [1.29, 1.82) is 0 Å². The van der Waals surface area contributed by atoms with Crippen molar-refractivity contribution in [3.63, 3.8) is 0 Å². The molecule has 1 fully saturated rings. The smallest absolute Gasteiger partial charge is 0.191 e. The molecule has 0 bridgehead atoms. The second-order valence-corrected chi connectivity index (χ2v) is 4.79. The van der Waals surface area contributed by atoms with Crippen molar-refractivity contribution in [2.45, 2.75) is 32.8 Å². The molecule has 0 saturated carbocycles. The predicted octanol–water partition coefficient (Wildman–Crippen LogP) is 3.08. The summed E-state index contributed by atoms with van der Waals surface area (Å²) in [6.45, 7) is 5.52. The average Bonchev–Trinajstić information content (AvgIpc) is 2.82. The van der Waals surface area contributed by atoms with Crippen molar-refractivity contribution in [2.75, 3.05) is 13.2 Å². The summed E-state index contributed by atoms with van der Waals surface area (Å²) in [6, 6.07) is 7.34. The van der Waals surface area contributed by atoms with Gasteiger partial charge in [0, 0.05) is 12.2 Å². The van der Waals surface area contributed by atoms with Gasteiger partial charge in [-0.05, 0) is 43.0 Å². The zero-order chi connectivity index (χ0) is 13.0. The number of benzene rings is 1. The molecule has 0 radical (unpaired) electrons. The molecule has 1 aliphatic heterocycles. The van der Waals surface area contributed by atoms with E-state index in [-0.39, 0.29) is 11.9 Å². The number of ketones is 1. The van der Waals surface area contributed by atoms with Gasteiger partial charge < -0.3 is 9.47 Å². The van der Waals surface area contributed by atoms with Gasteiger partial charge >= 0.3 is 0 Å². The van der Waals surface area contributed by atoms with E-state index in [4.69, 9.17) is 9.47 Å². The van der Waals surface area contributed by atoms with Gasteiger partial charge in [0.1, 0.15) is 11.9 Å². The number of hydrogen-bond acceptors (Lipinski definition) is 3. The van der Waals surface area contributed by atoms with E-state index < -0.39 is 0 Å². The molecule has 0 spiro atoms. The molecule has 2 unspecified atom stereocenters. The second-order valence-electron chi connectivity index (χ2n) is 4.79. The van der Waals surface area contributed by atoms with Crippen LogP contribution < -0.4 is 4.74 Å². The van der Waals surface area contributed by atoms with Gasteiger partial charge in [-0.3, -0.25) is 4.79 Å². The average molecular weight is 248 g/mol. The van der Waals surface area contributed by atoms with Crippen LogP contribution in [0.25, 0.3) is 0 Å². The zero-order valence-electron chi connectivity index (χ0n) is 11.0. The van der Waals surface area contributed by atoms with E-state index in [1.807, 2.05) is 24.3 Å². The summed E-state index contributed by atoms with van der Waals surface area (Å²) in [5, 5.41) is 0. The van der Waals surface area contributed by atoms with Crippen LogP contribution in [0.5, 0.6) is 5.75 Å². The summed E-state index contributed by atoms with van der Waals surface area (Å²) < 4.78 is 11.0. The van der Waals surface area contributed by atoms with Crippen LogP contribution in [0.4, 0.5) is 0 Å². The van der Waals surface area contributed by atoms with Gasteiger partial charge in [-0.15, -0.1) is 0 Å². The minimum Gasteiger partial charge on any atom is -0.494 e. The number of ether oxygens (including phenoxy) is 2. The lowest BCUT2D eigenvalue weighted by Crippen LogP contribution is -2.25. The highest BCUT2D eigenvalue weighted by Crippen LogP contribution is 2.24. The lowest BCUT2D eigenvalue weighted by atomic mass is 9.96. The molecule has 1 aromatic rings. The highest BCUT2D eigenvalue weighted by Gasteiger charge is 2.31. The molecular formula is C15H20O3. The van der Waals surface area contributed by atoms with E-state index in [1.54, 1.807) is 0 Å². The van der Waals surface area contributed by atoms with Crippen LogP contribution in [0.3, 0.4) is 0 Å². The van der Waals surface area contributed by atoms with Crippen LogP contribution >= 0.6 is 0 Å². The third-order valence-electron chi connectivity index (χ3n) is 3.26. The summed E-state index contributed by atoms with van der Waals surface area (Å²) in [7, 11) is 0. The molecule has 18 heavy (non-hydrogen) atoms. The van der Waals surface area contributed by atoms with Gasteiger partial charge in [-0.1, -0.05) is 13.8 Å². The molecule has 3 heteroatoms. The minimum absolute atomic E-state index is 0.0852. The Labute approximate surface area is 108 Å². The van der Waals surface area contributed by atoms with E-state index in [0.29, 0.717) is 24.7 Å². The number of rotatable bonds is 5. The van der Waals surface area contributed by atoms with E-state index >= 15 is 0 Å². The van der Waals surface area contributed by atoms with Gasteiger partial charge in [-0.2, -0.15) is 0 Å². The second kappa shape index (κ2) is 6.01. The van der Waals surface area contributed by atoms with E-state index in [0.717, 1.165) is 18.6 Å². The number of carbonyl (C=O) groups excluding carboxylic acids is 1. The highest BCUT2D eigenvalue weighted by molar-refractivity contribution is 5.99. The predicted molar refractivity (Wildman–Crippen MR) is 70.1 cm³/mol. The molecule has 98 valence electrons.